The van der Waals surface area contributed by atoms with Crippen LogP contribution in [0, 0.1) is 12.7 Å². The summed E-state index contributed by atoms with van der Waals surface area (Å²) in [5, 5.41) is 3.55. The van der Waals surface area contributed by atoms with Crippen molar-refractivity contribution in [2.24, 2.45) is 0 Å². The standard InChI is InChI=1S/C30H37FN6O/c1-22-5-11-25(12-6-22)32-29-28(23-7-9-24(31)10-8-23)33-27-21-36(19-20-37(27)29)30(38)35-17-13-26(14-18-35)34-15-3-2-4-16-34/h5-12,26,32H,2-4,13-21H2,1H3. The van der Waals surface area contributed by atoms with E-state index in [9.17, 15) is 9.18 Å². The molecule has 3 aliphatic rings. The number of carbonyl (C=O) groups excluding carboxylic acids is 1. The normalized spacial score (nSPS) is 18.9. The molecule has 0 radical (unpaired) electrons. The lowest BCUT2D eigenvalue weighted by molar-refractivity contribution is 0.0853. The Morgan fingerprint density at radius 1 is 0.868 bits per heavy atom. The molecule has 6 rings (SSSR count). The second kappa shape index (κ2) is 10.8. The minimum Gasteiger partial charge on any atom is -0.340 e. The first-order chi connectivity index (χ1) is 18.5. The number of aryl methyl sites for hydroxylation is 1. The number of carbonyl (C=O) groups is 1. The number of hydrogen-bond donors (Lipinski definition) is 1. The monoisotopic (exact) mass is 516 g/mol. The molecule has 0 aliphatic carbocycles. The molecule has 8 heteroatoms. The van der Waals surface area contributed by atoms with Crippen LogP contribution in [0.15, 0.2) is 48.5 Å². The maximum atomic E-state index is 13.7. The highest BCUT2D eigenvalue weighted by molar-refractivity contribution is 5.78. The fraction of sp³-hybridized carbons (Fsp3) is 0.467. The molecule has 1 N–H and O–H groups in total. The van der Waals surface area contributed by atoms with Gasteiger partial charge in [-0.3, -0.25) is 0 Å². The molecule has 0 atom stereocenters. The van der Waals surface area contributed by atoms with E-state index >= 15 is 0 Å². The number of likely N-dealkylation sites (tertiary alicyclic amines) is 2. The third-order valence-corrected chi connectivity index (χ3v) is 8.32. The van der Waals surface area contributed by atoms with E-state index in [2.05, 4.69) is 46.0 Å². The lowest BCUT2D eigenvalue weighted by atomic mass is 10.00. The maximum Gasteiger partial charge on any atom is 0.320 e. The van der Waals surface area contributed by atoms with Gasteiger partial charge in [0, 0.05) is 43.5 Å². The molecule has 2 aromatic carbocycles. The van der Waals surface area contributed by atoms with E-state index in [1.54, 1.807) is 12.1 Å². The molecule has 38 heavy (non-hydrogen) atoms. The zero-order valence-corrected chi connectivity index (χ0v) is 22.2. The number of rotatable bonds is 4. The molecule has 0 bridgehead atoms. The average molecular weight is 517 g/mol. The number of nitrogens with one attached hydrogen (secondary N) is 1. The molecule has 3 aliphatic heterocycles. The van der Waals surface area contributed by atoms with Gasteiger partial charge >= 0.3 is 6.03 Å². The van der Waals surface area contributed by atoms with E-state index in [0.29, 0.717) is 25.7 Å². The van der Waals surface area contributed by atoms with Gasteiger partial charge in [0.25, 0.3) is 0 Å². The molecule has 2 saturated heterocycles. The fourth-order valence-electron chi connectivity index (χ4n) is 6.11. The van der Waals surface area contributed by atoms with E-state index in [0.717, 1.165) is 54.5 Å². The smallest absolute Gasteiger partial charge is 0.320 e. The Balaban J connectivity index is 1.19. The number of halogens is 1. The van der Waals surface area contributed by atoms with Gasteiger partial charge in [0.15, 0.2) is 0 Å². The molecule has 1 aromatic heterocycles. The summed E-state index contributed by atoms with van der Waals surface area (Å²) in [6, 6.07) is 15.4. The Kier molecular flexibility index (Phi) is 7.06. The molecule has 3 aromatic rings. The molecular weight excluding hydrogens is 479 g/mol. The topological polar surface area (TPSA) is 56.6 Å². The Bertz CT molecular complexity index is 1260. The van der Waals surface area contributed by atoms with Crippen molar-refractivity contribution in [2.45, 2.75) is 58.2 Å². The number of piperidine rings is 2. The minimum atomic E-state index is -0.272. The number of fused-ring (bicyclic) bond motifs is 1. The van der Waals surface area contributed by atoms with Gasteiger partial charge in [-0.25, -0.2) is 14.2 Å². The van der Waals surface area contributed by atoms with Crippen LogP contribution in [0.3, 0.4) is 0 Å². The fourth-order valence-corrected chi connectivity index (χ4v) is 6.11. The third-order valence-electron chi connectivity index (χ3n) is 8.32. The van der Waals surface area contributed by atoms with Gasteiger partial charge in [-0.2, -0.15) is 0 Å². The van der Waals surface area contributed by atoms with E-state index in [1.165, 1.54) is 50.0 Å². The largest absolute Gasteiger partial charge is 0.340 e. The summed E-state index contributed by atoms with van der Waals surface area (Å²) in [5.41, 5.74) is 3.79. The molecule has 0 saturated carbocycles. The zero-order valence-electron chi connectivity index (χ0n) is 22.2. The number of aromatic nitrogens is 2. The summed E-state index contributed by atoms with van der Waals surface area (Å²) < 4.78 is 15.8. The minimum absolute atomic E-state index is 0.118. The van der Waals surface area contributed by atoms with Crippen LogP contribution in [0.1, 0.15) is 43.5 Å². The Morgan fingerprint density at radius 2 is 1.58 bits per heavy atom. The molecule has 7 nitrogen and oxygen atoms in total. The first-order valence-corrected chi connectivity index (χ1v) is 14.0. The molecule has 4 heterocycles. The van der Waals surface area contributed by atoms with E-state index < -0.39 is 0 Å². The van der Waals surface area contributed by atoms with Gasteiger partial charge in [-0.1, -0.05) is 24.1 Å². The van der Waals surface area contributed by atoms with Gasteiger partial charge in [0.2, 0.25) is 0 Å². The van der Waals surface area contributed by atoms with Crippen molar-refractivity contribution >= 4 is 17.5 Å². The summed E-state index contributed by atoms with van der Waals surface area (Å²) in [4.78, 5) is 25.1. The van der Waals surface area contributed by atoms with Gasteiger partial charge in [-0.05, 0) is 82.1 Å². The zero-order chi connectivity index (χ0) is 26.1. The maximum absolute atomic E-state index is 13.7. The molecule has 200 valence electrons. The van der Waals surface area contributed by atoms with E-state index in [4.69, 9.17) is 4.98 Å². The lowest BCUT2D eigenvalue weighted by Crippen LogP contribution is -2.52. The number of amides is 2. The molecule has 2 fully saturated rings. The number of urea groups is 1. The van der Waals surface area contributed by atoms with Crippen molar-refractivity contribution in [1.82, 2.24) is 24.3 Å². The highest BCUT2D eigenvalue weighted by Gasteiger charge is 2.32. The highest BCUT2D eigenvalue weighted by Crippen LogP contribution is 2.34. The Labute approximate surface area is 224 Å². The van der Waals surface area contributed by atoms with Crippen LogP contribution in [-0.2, 0) is 13.1 Å². The van der Waals surface area contributed by atoms with Gasteiger partial charge < -0.3 is 24.6 Å². The van der Waals surface area contributed by atoms with Crippen molar-refractivity contribution in [3.05, 3.63) is 65.7 Å². The summed E-state index contributed by atoms with van der Waals surface area (Å²) in [5.74, 6) is 1.46. The van der Waals surface area contributed by atoms with Crippen LogP contribution in [0.2, 0.25) is 0 Å². The summed E-state index contributed by atoms with van der Waals surface area (Å²) >= 11 is 0. The second-order valence-electron chi connectivity index (χ2n) is 10.9. The molecule has 0 unspecified atom stereocenters. The van der Waals surface area contributed by atoms with Crippen LogP contribution >= 0.6 is 0 Å². The number of nitrogens with zero attached hydrogens (tertiary/aromatic N) is 5. The van der Waals surface area contributed by atoms with Crippen molar-refractivity contribution in [1.29, 1.82) is 0 Å². The highest BCUT2D eigenvalue weighted by atomic mass is 19.1. The van der Waals surface area contributed by atoms with Crippen LogP contribution < -0.4 is 5.32 Å². The van der Waals surface area contributed by atoms with Crippen LogP contribution in [0.25, 0.3) is 11.3 Å². The SMILES string of the molecule is Cc1ccc(Nc2c(-c3ccc(F)cc3)nc3n2CCN(C(=O)N2CCC(N4CCCCC4)CC2)C3)cc1. The van der Waals surface area contributed by atoms with E-state index in [-0.39, 0.29) is 11.8 Å². The molecular formula is C30H37FN6O. The third kappa shape index (κ3) is 5.14. The quantitative estimate of drug-likeness (QED) is 0.489. The Hall–Kier alpha value is -3.39. The van der Waals surface area contributed by atoms with Crippen LogP contribution in [-0.4, -0.2) is 69.0 Å². The first kappa shape index (κ1) is 24.9. The van der Waals surface area contributed by atoms with Gasteiger partial charge in [0.1, 0.15) is 23.2 Å². The molecule has 2 amide bonds. The average Bonchev–Trinajstić information content (AvgIpc) is 3.32. The number of hydrogen-bond acceptors (Lipinski definition) is 4. The number of benzene rings is 2. The summed E-state index contributed by atoms with van der Waals surface area (Å²) in [6.45, 7) is 7.90. The summed E-state index contributed by atoms with van der Waals surface area (Å²) in [7, 11) is 0. The second-order valence-corrected chi connectivity index (χ2v) is 10.9. The van der Waals surface area contributed by atoms with Crippen molar-refractivity contribution < 1.29 is 9.18 Å². The first-order valence-electron chi connectivity index (χ1n) is 14.0. The van der Waals surface area contributed by atoms with Crippen molar-refractivity contribution in [3.8, 4) is 11.3 Å². The predicted molar refractivity (Wildman–Crippen MR) is 148 cm³/mol. The lowest BCUT2D eigenvalue weighted by Gasteiger charge is -2.41. The number of anilines is 2. The predicted octanol–water partition coefficient (Wildman–Crippen LogP) is 5.63. The van der Waals surface area contributed by atoms with E-state index in [1.807, 2.05) is 9.80 Å². The van der Waals surface area contributed by atoms with Gasteiger partial charge in [-0.15, -0.1) is 0 Å². The van der Waals surface area contributed by atoms with Crippen molar-refractivity contribution in [2.75, 3.05) is 38.0 Å². The van der Waals surface area contributed by atoms with Gasteiger partial charge in [0.05, 0.1) is 6.54 Å². The summed E-state index contributed by atoms with van der Waals surface area (Å²) in [6.07, 6.45) is 6.09. The molecule has 0 spiro atoms. The number of imidazole rings is 1. The van der Waals surface area contributed by atoms with Crippen LogP contribution in [0.5, 0.6) is 0 Å². The van der Waals surface area contributed by atoms with Crippen LogP contribution in [0.4, 0.5) is 20.7 Å². The Morgan fingerprint density at radius 3 is 2.29 bits per heavy atom. The van der Waals surface area contributed by atoms with Crippen molar-refractivity contribution in [3.63, 3.8) is 0 Å².